The maximum Gasteiger partial charge on any atom is 0.245 e. The fourth-order valence-electron chi connectivity index (χ4n) is 3.99. The third-order valence-corrected chi connectivity index (χ3v) is 4.62. The molecule has 0 spiro atoms. The molecule has 1 heterocycles. The Hall–Kier alpha value is -0.790. The van der Waals surface area contributed by atoms with Crippen molar-refractivity contribution in [3.63, 3.8) is 0 Å². The van der Waals surface area contributed by atoms with Gasteiger partial charge in [-0.3, -0.25) is 4.79 Å². The molecule has 14 heavy (non-hydrogen) atoms. The zero-order valence-electron chi connectivity index (χ0n) is 8.48. The average molecular weight is 191 g/mol. The van der Waals surface area contributed by atoms with Crippen LogP contribution in [0.5, 0.6) is 0 Å². The second kappa shape index (κ2) is 2.85. The molecule has 2 unspecified atom stereocenters. The van der Waals surface area contributed by atoms with E-state index in [0.29, 0.717) is 0 Å². The van der Waals surface area contributed by atoms with Gasteiger partial charge in [0.25, 0.3) is 0 Å². The molecule has 1 amide bonds. The van der Waals surface area contributed by atoms with Gasteiger partial charge in [-0.2, -0.15) is 0 Å². The third kappa shape index (κ3) is 0.999. The summed E-state index contributed by atoms with van der Waals surface area (Å²) in [5.41, 5.74) is 0. The molecule has 2 aliphatic carbocycles. The van der Waals surface area contributed by atoms with E-state index in [4.69, 9.17) is 0 Å². The molecule has 2 bridgehead atoms. The number of amides is 1. The van der Waals surface area contributed by atoms with Gasteiger partial charge in [0, 0.05) is 13.1 Å². The van der Waals surface area contributed by atoms with Gasteiger partial charge in [0.1, 0.15) is 0 Å². The molecule has 0 aromatic carbocycles. The number of hydrogen-bond donors (Lipinski definition) is 0. The molecule has 4 atom stereocenters. The third-order valence-electron chi connectivity index (χ3n) is 4.62. The highest BCUT2D eigenvalue weighted by molar-refractivity contribution is 5.87. The van der Waals surface area contributed by atoms with Crippen LogP contribution in [-0.4, -0.2) is 23.9 Å². The van der Waals surface area contributed by atoms with Gasteiger partial charge in [0.15, 0.2) is 0 Å². The predicted octanol–water partition coefficient (Wildman–Crippen LogP) is 1.68. The maximum atomic E-state index is 11.5. The summed E-state index contributed by atoms with van der Waals surface area (Å²) in [6, 6.07) is 0. The average Bonchev–Trinajstić information content (AvgIpc) is 2.87. The van der Waals surface area contributed by atoms with E-state index in [0.717, 1.165) is 36.8 Å². The second-order valence-corrected chi connectivity index (χ2v) is 5.11. The molecular weight excluding hydrogens is 174 g/mol. The first-order valence-electron chi connectivity index (χ1n) is 5.71. The van der Waals surface area contributed by atoms with Crippen LogP contribution in [0.25, 0.3) is 0 Å². The number of carbonyl (C=O) groups is 1. The summed E-state index contributed by atoms with van der Waals surface area (Å²) >= 11 is 0. The van der Waals surface area contributed by atoms with Crippen LogP contribution >= 0.6 is 0 Å². The molecule has 76 valence electrons. The minimum atomic E-state index is 0.138. The Labute approximate surface area is 85.0 Å². The van der Waals surface area contributed by atoms with Gasteiger partial charge in [-0.05, 0) is 49.0 Å². The lowest BCUT2D eigenvalue weighted by Crippen LogP contribution is -2.28. The maximum absolute atomic E-state index is 11.5. The number of likely N-dealkylation sites (tertiary alicyclic amines) is 1. The minimum absolute atomic E-state index is 0.138. The molecule has 2 saturated carbocycles. The van der Waals surface area contributed by atoms with Crippen LogP contribution in [0.3, 0.4) is 0 Å². The number of fused-ring (bicyclic) bond motifs is 5. The highest BCUT2D eigenvalue weighted by Crippen LogP contribution is 2.55. The predicted molar refractivity (Wildman–Crippen MR) is 54.6 cm³/mol. The number of carbonyl (C=O) groups excluding carboxylic acids is 1. The summed E-state index contributed by atoms with van der Waals surface area (Å²) in [6.07, 6.45) is 5.75. The van der Waals surface area contributed by atoms with Gasteiger partial charge in [-0.15, -0.1) is 0 Å². The normalized spacial score (nSPS) is 44.1. The lowest BCUT2D eigenvalue weighted by molar-refractivity contribution is -0.125. The van der Waals surface area contributed by atoms with Gasteiger partial charge >= 0.3 is 0 Å². The molecule has 0 radical (unpaired) electrons. The Kier molecular flexibility index (Phi) is 1.73. The lowest BCUT2D eigenvalue weighted by Gasteiger charge is -2.22. The van der Waals surface area contributed by atoms with E-state index in [1.807, 2.05) is 4.90 Å². The Morgan fingerprint density at radius 2 is 1.79 bits per heavy atom. The molecule has 3 aliphatic rings. The fourth-order valence-corrected chi connectivity index (χ4v) is 3.99. The van der Waals surface area contributed by atoms with E-state index in [2.05, 4.69) is 6.58 Å². The molecule has 1 aliphatic heterocycles. The van der Waals surface area contributed by atoms with Crippen LogP contribution in [0.15, 0.2) is 12.7 Å². The van der Waals surface area contributed by atoms with Crippen LogP contribution < -0.4 is 0 Å². The largest absolute Gasteiger partial charge is 0.339 e. The van der Waals surface area contributed by atoms with Gasteiger partial charge < -0.3 is 4.90 Å². The lowest BCUT2D eigenvalue weighted by atomic mass is 9.82. The molecule has 0 aromatic heterocycles. The summed E-state index contributed by atoms with van der Waals surface area (Å²) in [4.78, 5) is 13.5. The van der Waals surface area contributed by atoms with Gasteiger partial charge in [-0.25, -0.2) is 0 Å². The van der Waals surface area contributed by atoms with Crippen molar-refractivity contribution in [1.29, 1.82) is 0 Å². The van der Waals surface area contributed by atoms with Crippen LogP contribution in [0.4, 0.5) is 0 Å². The summed E-state index contributed by atoms with van der Waals surface area (Å²) in [5.74, 6) is 3.68. The Morgan fingerprint density at radius 3 is 2.29 bits per heavy atom. The molecule has 0 N–H and O–H groups in total. The standard InChI is InChI=1S/C12H17NO/c1-2-12(14)13-6-10-8-3-4-9(5-8)11(10)7-13/h2,8-11H,1,3-7H2/t8?,9?,10-,11+. The van der Waals surface area contributed by atoms with Crippen LogP contribution in [0, 0.1) is 23.7 Å². The van der Waals surface area contributed by atoms with Crippen molar-refractivity contribution in [2.45, 2.75) is 19.3 Å². The van der Waals surface area contributed by atoms with Crippen molar-refractivity contribution in [2.75, 3.05) is 13.1 Å². The molecule has 2 nitrogen and oxygen atoms in total. The Morgan fingerprint density at radius 1 is 1.21 bits per heavy atom. The van der Waals surface area contributed by atoms with E-state index in [1.54, 1.807) is 0 Å². The van der Waals surface area contributed by atoms with Crippen molar-refractivity contribution in [3.05, 3.63) is 12.7 Å². The van der Waals surface area contributed by atoms with Crippen molar-refractivity contribution in [3.8, 4) is 0 Å². The van der Waals surface area contributed by atoms with Crippen molar-refractivity contribution in [2.24, 2.45) is 23.7 Å². The van der Waals surface area contributed by atoms with Crippen molar-refractivity contribution in [1.82, 2.24) is 4.90 Å². The second-order valence-electron chi connectivity index (χ2n) is 5.11. The smallest absolute Gasteiger partial charge is 0.245 e. The number of nitrogens with zero attached hydrogens (tertiary/aromatic N) is 1. The monoisotopic (exact) mass is 191 g/mol. The summed E-state index contributed by atoms with van der Waals surface area (Å²) in [7, 11) is 0. The Bertz CT molecular complexity index is 268. The van der Waals surface area contributed by atoms with E-state index in [-0.39, 0.29) is 5.91 Å². The minimum Gasteiger partial charge on any atom is -0.339 e. The highest BCUT2D eigenvalue weighted by atomic mass is 16.2. The van der Waals surface area contributed by atoms with E-state index in [1.165, 1.54) is 25.3 Å². The zero-order chi connectivity index (χ0) is 9.71. The summed E-state index contributed by atoms with van der Waals surface area (Å²) < 4.78 is 0. The molecule has 1 saturated heterocycles. The fraction of sp³-hybridized carbons (Fsp3) is 0.750. The molecule has 3 fully saturated rings. The van der Waals surface area contributed by atoms with Gasteiger partial charge in [0.2, 0.25) is 5.91 Å². The Balaban J connectivity index is 1.76. The van der Waals surface area contributed by atoms with Crippen LogP contribution in [0.2, 0.25) is 0 Å². The van der Waals surface area contributed by atoms with Gasteiger partial charge in [0.05, 0.1) is 0 Å². The topological polar surface area (TPSA) is 20.3 Å². The first-order chi connectivity index (χ1) is 6.79. The van der Waals surface area contributed by atoms with E-state index < -0.39 is 0 Å². The summed E-state index contributed by atoms with van der Waals surface area (Å²) in [6.45, 7) is 5.58. The first kappa shape index (κ1) is 8.51. The molecule has 3 rings (SSSR count). The summed E-state index contributed by atoms with van der Waals surface area (Å²) in [5, 5.41) is 0. The van der Waals surface area contributed by atoms with Crippen molar-refractivity contribution < 1.29 is 4.79 Å². The van der Waals surface area contributed by atoms with Crippen LogP contribution in [0.1, 0.15) is 19.3 Å². The number of hydrogen-bond acceptors (Lipinski definition) is 1. The zero-order valence-corrected chi connectivity index (χ0v) is 8.48. The highest BCUT2D eigenvalue weighted by Gasteiger charge is 2.51. The molecule has 2 heteroatoms. The van der Waals surface area contributed by atoms with E-state index in [9.17, 15) is 4.79 Å². The van der Waals surface area contributed by atoms with E-state index >= 15 is 0 Å². The SMILES string of the molecule is C=CC(=O)N1C[C@@H]2C3CCC(C3)[C@@H]2C1. The van der Waals surface area contributed by atoms with Gasteiger partial charge in [-0.1, -0.05) is 6.58 Å². The first-order valence-corrected chi connectivity index (χ1v) is 5.71. The quantitative estimate of drug-likeness (QED) is 0.577. The van der Waals surface area contributed by atoms with Crippen molar-refractivity contribution >= 4 is 5.91 Å². The number of rotatable bonds is 1. The molecular formula is C12H17NO. The molecule has 0 aromatic rings. The van der Waals surface area contributed by atoms with Crippen LogP contribution in [-0.2, 0) is 4.79 Å².